The number of carbonyl (C=O) groups is 1. The van der Waals surface area contributed by atoms with Crippen LogP contribution >= 0.6 is 0 Å². The van der Waals surface area contributed by atoms with Gasteiger partial charge in [-0.1, -0.05) is 0 Å². The van der Waals surface area contributed by atoms with Crippen molar-refractivity contribution >= 4 is 5.78 Å². The van der Waals surface area contributed by atoms with Gasteiger partial charge in [0.15, 0.2) is 0 Å². The average Bonchev–Trinajstić information content (AvgIpc) is 2.51. The van der Waals surface area contributed by atoms with Crippen LogP contribution in [0.15, 0.2) is 0 Å². The second-order valence-electron chi connectivity index (χ2n) is 4.23. The maximum Gasteiger partial charge on any atom is 0.142 e. The Labute approximate surface area is 60.8 Å². The Hall–Kier alpha value is -0.330. The van der Waals surface area contributed by atoms with E-state index in [9.17, 15) is 4.79 Å². The minimum atomic E-state index is 0.281. The topological polar surface area (TPSA) is 17.1 Å². The predicted octanol–water partition coefficient (Wildman–Crippen LogP) is 1.77. The fourth-order valence-electron chi connectivity index (χ4n) is 3.12. The molecular formula is C9H12O. The van der Waals surface area contributed by atoms with Crippen LogP contribution in [0.4, 0.5) is 0 Å². The molecule has 0 amide bonds. The highest BCUT2D eigenvalue weighted by atomic mass is 16.1. The van der Waals surface area contributed by atoms with Crippen LogP contribution in [0.2, 0.25) is 0 Å². The Morgan fingerprint density at radius 3 is 2.50 bits per heavy atom. The Bertz CT molecular complexity index is 203. The van der Waals surface area contributed by atoms with Crippen molar-refractivity contribution in [1.29, 1.82) is 0 Å². The number of hydrogen-bond donors (Lipinski definition) is 0. The van der Waals surface area contributed by atoms with Gasteiger partial charge in [-0.05, 0) is 38.0 Å². The first-order valence-electron chi connectivity index (χ1n) is 4.37. The summed E-state index contributed by atoms with van der Waals surface area (Å²) in [5.41, 5.74) is 0.281. The lowest BCUT2D eigenvalue weighted by Crippen LogP contribution is -2.22. The number of fused-ring (bicyclic) bond motifs is 3. The molecule has 54 valence electrons. The van der Waals surface area contributed by atoms with Crippen molar-refractivity contribution in [2.24, 2.45) is 17.3 Å². The van der Waals surface area contributed by atoms with E-state index in [2.05, 4.69) is 0 Å². The molecule has 0 aliphatic heterocycles. The van der Waals surface area contributed by atoms with E-state index < -0.39 is 0 Å². The molecule has 3 aliphatic rings. The van der Waals surface area contributed by atoms with Crippen molar-refractivity contribution in [2.75, 3.05) is 0 Å². The third-order valence-corrected chi connectivity index (χ3v) is 3.86. The van der Waals surface area contributed by atoms with Gasteiger partial charge in [-0.3, -0.25) is 4.79 Å². The highest BCUT2D eigenvalue weighted by Gasteiger charge is 2.64. The summed E-state index contributed by atoms with van der Waals surface area (Å²) in [6.07, 6.45) is 6.28. The molecule has 1 nitrogen and oxygen atoms in total. The van der Waals surface area contributed by atoms with Crippen LogP contribution in [-0.2, 0) is 4.79 Å². The summed E-state index contributed by atoms with van der Waals surface area (Å²) in [6, 6.07) is 0. The molecule has 10 heavy (non-hydrogen) atoms. The summed E-state index contributed by atoms with van der Waals surface area (Å²) in [7, 11) is 0. The molecule has 0 radical (unpaired) electrons. The zero-order valence-corrected chi connectivity index (χ0v) is 6.10. The van der Waals surface area contributed by atoms with Crippen LogP contribution in [0, 0.1) is 17.3 Å². The van der Waals surface area contributed by atoms with Gasteiger partial charge < -0.3 is 0 Å². The summed E-state index contributed by atoms with van der Waals surface area (Å²) in [4.78, 5) is 11.6. The molecule has 0 aromatic rings. The van der Waals surface area contributed by atoms with Gasteiger partial charge >= 0.3 is 0 Å². The van der Waals surface area contributed by atoms with E-state index in [4.69, 9.17) is 0 Å². The van der Waals surface area contributed by atoms with Gasteiger partial charge in [0.1, 0.15) is 5.78 Å². The van der Waals surface area contributed by atoms with Crippen molar-refractivity contribution in [3.8, 4) is 0 Å². The number of rotatable bonds is 0. The van der Waals surface area contributed by atoms with Gasteiger partial charge in [0, 0.05) is 11.3 Å². The minimum Gasteiger partial charge on any atom is -0.299 e. The molecule has 3 rings (SSSR count). The Kier molecular flexibility index (Phi) is 0.704. The zero-order chi connectivity index (χ0) is 6.77. The zero-order valence-electron chi connectivity index (χ0n) is 6.10. The van der Waals surface area contributed by atoms with E-state index in [0.717, 1.165) is 5.92 Å². The van der Waals surface area contributed by atoms with Crippen LogP contribution in [0.3, 0.4) is 0 Å². The monoisotopic (exact) mass is 136 g/mol. The van der Waals surface area contributed by atoms with Gasteiger partial charge in [0.25, 0.3) is 0 Å². The second kappa shape index (κ2) is 1.32. The quantitative estimate of drug-likeness (QED) is 0.496. The van der Waals surface area contributed by atoms with Crippen molar-refractivity contribution in [3.05, 3.63) is 0 Å². The predicted molar refractivity (Wildman–Crippen MR) is 37.5 cm³/mol. The first kappa shape index (κ1) is 5.34. The van der Waals surface area contributed by atoms with Crippen molar-refractivity contribution in [1.82, 2.24) is 0 Å². The van der Waals surface area contributed by atoms with Gasteiger partial charge in [0.05, 0.1) is 0 Å². The normalized spacial score (nSPS) is 47.0. The van der Waals surface area contributed by atoms with Gasteiger partial charge in [0.2, 0.25) is 0 Å². The average molecular weight is 136 g/mol. The molecule has 1 spiro atoms. The van der Waals surface area contributed by atoms with Crippen molar-refractivity contribution in [2.45, 2.75) is 32.1 Å². The smallest absolute Gasteiger partial charge is 0.142 e. The fourth-order valence-corrected chi connectivity index (χ4v) is 3.12. The summed E-state index contributed by atoms with van der Waals surface area (Å²) in [5.74, 6) is 1.97. The maximum absolute atomic E-state index is 11.6. The summed E-state index contributed by atoms with van der Waals surface area (Å²) in [6.45, 7) is 0. The molecule has 0 heterocycles. The van der Waals surface area contributed by atoms with Crippen LogP contribution in [-0.4, -0.2) is 5.78 Å². The highest BCUT2D eigenvalue weighted by molar-refractivity contribution is 5.92. The molecule has 0 aromatic heterocycles. The first-order valence-corrected chi connectivity index (χ1v) is 4.37. The number of hydrogen-bond acceptors (Lipinski definition) is 1. The lowest BCUT2D eigenvalue weighted by atomic mass is 9.85. The van der Waals surface area contributed by atoms with E-state index in [-0.39, 0.29) is 5.41 Å². The summed E-state index contributed by atoms with van der Waals surface area (Å²) >= 11 is 0. The third-order valence-electron chi connectivity index (χ3n) is 3.86. The molecule has 2 atom stereocenters. The summed E-state index contributed by atoms with van der Waals surface area (Å²) in [5, 5.41) is 0. The molecule has 0 aromatic carbocycles. The number of Topliss-reactive ketones (excluding diaryl/α,β-unsaturated/α-hetero) is 1. The summed E-state index contributed by atoms with van der Waals surface area (Å²) < 4.78 is 0. The first-order chi connectivity index (χ1) is 4.83. The van der Waals surface area contributed by atoms with E-state index in [1.165, 1.54) is 32.1 Å². The van der Waals surface area contributed by atoms with Crippen LogP contribution in [0.5, 0.6) is 0 Å². The molecule has 0 N–H and O–H groups in total. The minimum absolute atomic E-state index is 0.281. The largest absolute Gasteiger partial charge is 0.299 e. The SMILES string of the molecule is O=C1[C@H]2CC[C@H](C2)C12CC2. The van der Waals surface area contributed by atoms with Crippen LogP contribution in [0.25, 0.3) is 0 Å². The second-order valence-corrected chi connectivity index (χ2v) is 4.23. The van der Waals surface area contributed by atoms with E-state index in [1.54, 1.807) is 0 Å². The molecular weight excluding hydrogens is 124 g/mol. The molecule has 3 aliphatic carbocycles. The molecule has 0 unspecified atom stereocenters. The van der Waals surface area contributed by atoms with E-state index >= 15 is 0 Å². The van der Waals surface area contributed by atoms with Gasteiger partial charge in [-0.15, -0.1) is 0 Å². The molecule has 3 fully saturated rings. The molecule has 1 heteroatoms. The molecule has 3 saturated carbocycles. The standard InChI is InChI=1S/C9H12O/c10-8-6-1-2-7(5-6)9(8)3-4-9/h6-7H,1-5H2/t6-,7+/m0/s1. The third kappa shape index (κ3) is 0.388. The fraction of sp³-hybridized carbons (Fsp3) is 0.889. The number of ketones is 1. The Morgan fingerprint density at radius 1 is 1.30 bits per heavy atom. The van der Waals surface area contributed by atoms with E-state index in [0.29, 0.717) is 11.7 Å². The van der Waals surface area contributed by atoms with Crippen molar-refractivity contribution in [3.63, 3.8) is 0 Å². The molecule has 2 bridgehead atoms. The van der Waals surface area contributed by atoms with Gasteiger partial charge in [-0.25, -0.2) is 0 Å². The van der Waals surface area contributed by atoms with Crippen LogP contribution in [0.1, 0.15) is 32.1 Å². The molecule has 0 saturated heterocycles. The Morgan fingerprint density at radius 2 is 2.10 bits per heavy atom. The van der Waals surface area contributed by atoms with Crippen molar-refractivity contribution < 1.29 is 4.79 Å². The van der Waals surface area contributed by atoms with Gasteiger partial charge in [-0.2, -0.15) is 0 Å². The lowest BCUT2D eigenvalue weighted by molar-refractivity contribution is -0.127. The maximum atomic E-state index is 11.6. The highest BCUT2D eigenvalue weighted by Crippen LogP contribution is 2.66. The lowest BCUT2D eigenvalue weighted by Gasteiger charge is -2.18. The van der Waals surface area contributed by atoms with Crippen LogP contribution < -0.4 is 0 Å². The van der Waals surface area contributed by atoms with E-state index in [1.807, 2.05) is 0 Å². The number of carbonyl (C=O) groups excluding carboxylic acids is 1. The Balaban J connectivity index is 2.06.